The van der Waals surface area contributed by atoms with Gasteiger partial charge in [0.1, 0.15) is 0 Å². The van der Waals surface area contributed by atoms with Crippen LogP contribution in [-0.4, -0.2) is 41.5 Å². The van der Waals surface area contributed by atoms with Gasteiger partial charge in [-0.2, -0.15) is 0 Å². The highest BCUT2D eigenvalue weighted by Gasteiger charge is 2.39. The largest absolute Gasteiger partial charge is 0.481 e. The number of hydrogen-bond acceptors (Lipinski definition) is 4. The standard InChI is InChI=1S/C16H19NO5/c1-10-4-3-5-11(6-10)13(8-15(19)20)17-9-12(7-14(17)18)16(21)22-2/h3-6,12-13H,7-9H2,1-2H3,(H,19,20). The molecule has 0 radical (unpaired) electrons. The first-order valence-electron chi connectivity index (χ1n) is 7.08. The molecule has 0 aliphatic carbocycles. The first kappa shape index (κ1) is 16.0. The molecule has 0 saturated carbocycles. The number of esters is 1. The van der Waals surface area contributed by atoms with Gasteiger partial charge in [0, 0.05) is 13.0 Å². The van der Waals surface area contributed by atoms with Gasteiger partial charge in [0.15, 0.2) is 0 Å². The Morgan fingerprint density at radius 3 is 2.77 bits per heavy atom. The molecule has 6 nitrogen and oxygen atoms in total. The zero-order valence-corrected chi connectivity index (χ0v) is 12.6. The van der Waals surface area contributed by atoms with Gasteiger partial charge < -0.3 is 14.7 Å². The quantitative estimate of drug-likeness (QED) is 0.834. The van der Waals surface area contributed by atoms with Gasteiger partial charge in [0.05, 0.1) is 25.5 Å². The van der Waals surface area contributed by atoms with E-state index in [1.807, 2.05) is 25.1 Å². The first-order chi connectivity index (χ1) is 10.4. The van der Waals surface area contributed by atoms with Crippen LogP contribution in [0, 0.1) is 12.8 Å². The van der Waals surface area contributed by atoms with E-state index >= 15 is 0 Å². The Hall–Kier alpha value is -2.37. The fourth-order valence-corrected chi connectivity index (χ4v) is 2.81. The van der Waals surface area contributed by atoms with Crippen LogP contribution >= 0.6 is 0 Å². The van der Waals surface area contributed by atoms with Crippen LogP contribution in [0.1, 0.15) is 30.0 Å². The molecule has 0 spiro atoms. The minimum atomic E-state index is -0.985. The Morgan fingerprint density at radius 1 is 1.45 bits per heavy atom. The number of aryl methyl sites for hydroxylation is 1. The minimum absolute atomic E-state index is 0.0641. The van der Waals surface area contributed by atoms with E-state index in [-0.39, 0.29) is 25.3 Å². The van der Waals surface area contributed by atoms with E-state index in [0.29, 0.717) is 0 Å². The Kier molecular flexibility index (Phi) is 4.80. The molecule has 2 rings (SSSR count). The molecule has 1 heterocycles. The third-order valence-electron chi connectivity index (χ3n) is 3.86. The summed E-state index contributed by atoms with van der Waals surface area (Å²) in [7, 11) is 1.28. The average molecular weight is 305 g/mol. The molecule has 0 bridgehead atoms. The van der Waals surface area contributed by atoms with E-state index < -0.39 is 23.9 Å². The van der Waals surface area contributed by atoms with Crippen molar-refractivity contribution in [3.05, 3.63) is 35.4 Å². The molecule has 6 heteroatoms. The first-order valence-corrected chi connectivity index (χ1v) is 7.08. The van der Waals surface area contributed by atoms with Gasteiger partial charge in [-0.05, 0) is 12.5 Å². The van der Waals surface area contributed by atoms with Crippen LogP contribution in [0.3, 0.4) is 0 Å². The number of rotatable bonds is 5. The number of nitrogens with zero attached hydrogens (tertiary/aromatic N) is 1. The summed E-state index contributed by atoms with van der Waals surface area (Å²) >= 11 is 0. The normalized spacial score (nSPS) is 19.1. The van der Waals surface area contributed by atoms with Crippen molar-refractivity contribution in [1.82, 2.24) is 4.90 Å². The number of carbonyl (C=O) groups is 3. The molecule has 22 heavy (non-hydrogen) atoms. The smallest absolute Gasteiger partial charge is 0.310 e. The molecule has 1 aliphatic rings. The Bertz CT molecular complexity index is 598. The summed E-state index contributed by atoms with van der Waals surface area (Å²) in [6.07, 6.45) is -0.127. The number of hydrogen-bond donors (Lipinski definition) is 1. The highest BCUT2D eigenvalue weighted by molar-refractivity contribution is 5.87. The van der Waals surface area contributed by atoms with Gasteiger partial charge >= 0.3 is 11.9 Å². The van der Waals surface area contributed by atoms with Gasteiger partial charge in [0.2, 0.25) is 5.91 Å². The van der Waals surface area contributed by atoms with Crippen LogP contribution in [0.4, 0.5) is 0 Å². The number of methoxy groups -OCH3 is 1. The molecule has 1 N–H and O–H groups in total. The Balaban J connectivity index is 2.28. The zero-order valence-electron chi connectivity index (χ0n) is 12.6. The number of carboxylic acids is 1. The molecular weight excluding hydrogens is 286 g/mol. The number of carboxylic acid groups (broad SMARTS) is 1. The molecule has 1 fully saturated rings. The molecule has 1 amide bonds. The molecule has 1 aromatic carbocycles. The second kappa shape index (κ2) is 6.60. The maximum atomic E-state index is 12.2. The molecule has 0 aromatic heterocycles. The summed E-state index contributed by atoms with van der Waals surface area (Å²) in [6.45, 7) is 2.10. The van der Waals surface area contributed by atoms with Crippen molar-refractivity contribution in [3.63, 3.8) is 0 Å². The fourth-order valence-electron chi connectivity index (χ4n) is 2.81. The predicted molar refractivity (Wildman–Crippen MR) is 78.0 cm³/mol. The van der Waals surface area contributed by atoms with Crippen molar-refractivity contribution in [2.75, 3.05) is 13.7 Å². The topological polar surface area (TPSA) is 83.9 Å². The highest BCUT2D eigenvalue weighted by Crippen LogP contribution is 2.32. The lowest BCUT2D eigenvalue weighted by Gasteiger charge is -2.27. The van der Waals surface area contributed by atoms with Crippen LogP contribution in [0.2, 0.25) is 0 Å². The van der Waals surface area contributed by atoms with Crippen LogP contribution in [0.15, 0.2) is 24.3 Å². The highest BCUT2D eigenvalue weighted by atomic mass is 16.5. The molecule has 2 atom stereocenters. The van der Waals surface area contributed by atoms with Crippen molar-refractivity contribution in [3.8, 4) is 0 Å². The SMILES string of the molecule is COC(=O)C1CC(=O)N(C(CC(=O)O)c2cccc(C)c2)C1. The van der Waals surface area contributed by atoms with Gasteiger partial charge in [-0.1, -0.05) is 29.8 Å². The Morgan fingerprint density at radius 2 is 2.18 bits per heavy atom. The maximum Gasteiger partial charge on any atom is 0.310 e. The van der Waals surface area contributed by atoms with Crippen molar-refractivity contribution < 1.29 is 24.2 Å². The lowest BCUT2D eigenvalue weighted by molar-refractivity contribution is -0.145. The van der Waals surface area contributed by atoms with Crippen molar-refractivity contribution in [1.29, 1.82) is 0 Å². The Labute approximate surface area is 128 Å². The van der Waals surface area contributed by atoms with Gasteiger partial charge in [0.25, 0.3) is 0 Å². The second-order valence-corrected chi connectivity index (χ2v) is 5.50. The molecule has 118 valence electrons. The van der Waals surface area contributed by atoms with E-state index in [9.17, 15) is 14.4 Å². The summed E-state index contributed by atoms with van der Waals surface area (Å²) in [6, 6.07) is 6.84. The van der Waals surface area contributed by atoms with Crippen LogP contribution in [-0.2, 0) is 19.1 Å². The van der Waals surface area contributed by atoms with Gasteiger partial charge in [-0.25, -0.2) is 0 Å². The zero-order chi connectivity index (χ0) is 16.3. The third-order valence-corrected chi connectivity index (χ3v) is 3.86. The van der Waals surface area contributed by atoms with E-state index in [0.717, 1.165) is 11.1 Å². The molecular formula is C16H19NO5. The maximum absolute atomic E-state index is 12.2. The summed E-state index contributed by atoms with van der Waals surface area (Å²) < 4.78 is 4.68. The number of amides is 1. The number of ether oxygens (including phenoxy) is 1. The fraction of sp³-hybridized carbons (Fsp3) is 0.438. The van der Waals surface area contributed by atoms with Crippen LogP contribution in [0.5, 0.6) is 0 Å². The monoisotopic (exact) mass is 305 g/mol. The molecule has 1 saturated heterocycles. The van der Waals surface area contributed by atoms with Crippen molar-refractivity contribution in [2.24, 2.45) is 5.92 Å². The van der Waals surface area contributed by atoms with Crippen molar-refractivity contribution >= 4 is 17.8 Å². The number of carbonyl (C=O) groups excluding carboxylic acids is 2. The van der Waals surface area contributed by atoms with Gasteiger partial charge in [-0.15, -0.1) is 0 Å². The van der Waals surface area contributed by atoms with E-state index in [1.165, 1.54) is 12.0 Å². The predicted octanol–water partition coefficient (Wildman–Crippen LogP) is 1.53. The van der Waals surface area contributed by atoms with E-state index in [1.54, 1.807) is 6.07 Å². The lowest BCUT2D eigenvalue weighted by atomic mass is 10.00. The summed E-state index contributed by atoms with van der Waals surface area (Å²) in [5.41, 5.74) is 1.75. The number of likely N-dealkylation sites (tertiary alicyclic amines) is 1. The molecule has 1 aliphatic heterocycles. The number of aliphatic carboxylic acids is 1. The second-order valence-electron chi connectivity index (χ2n) is 5.50. The van der Waals surface area contributed by atoms with Crippen LogP contribution in [0.25, 0.3) is 0 Å². The summed E-state index contributed by atoms with van der Waals surface area (Å²) in [5, 5.41) is 9.15. The molecule has 1 aromatic rings. The van der Waals surface area contributed by atoms with Crippen molar-refractivity contribution in [2.45, 2.75) is 25.8 Å². The third kappa shape index (κ3) is 3.44. The lowest BCUT2D eigenvalue weighted by Crippen LogP contribution is -2.32. The van der Waals surface area contributed by atoms with Gasteiger partial charge in [-0.3, -0.25) is 14.4 Å². The minimum Gasteiger partial charge on any atom is -0.481 e. The van der Waals surface area contributed by atoms with E-state index in [2.05, 4.69) is 4.74 Å². The molecule has 2 unspecified atom stereocenters. The number of benzene rings is 1. The van der Waals surface area contributed by atoms with E-state index in [4.69, 9.17) is 5.11 Å². The summed E-state index contributed by atoms with van der Waals surface area (Å²) in [5.74, 6) is -2.17. The summed E-state index contributed by atoms with van der Waals surface area (Å²) in [4.78, 5) is 36.5. The van der Waals surface area contributed by atoms with Crippen LogP contribution < -0.4 is 0 Å². The average Bonchev–Trinajstić information content (AvgIpc) is 2.85.